The Kier molecular flexibility index (Phi) is 8.81. The third kappa shape index (κ3) is 6.58. The lowest BCUT2D eigenvalue weighted by atomic mass is 9.83. The minimum Gasteiger partial charge on any atom is -0.497 e. The molecule has 0 saturated heterocycles. The molecule has 4 rings (SSSR count). The summed E-state index contributed by atoms with van der Waals surface area (Å²) in [5.41, 5.74) is 3.37. The molecule has 0 aliphatic heterocycles. The number of methoxy groups -OCH3 is 2. The number of aromatic nitrogens is 1. The van der Waals surface area contributed by atoms with E-state index in [0.29, 0.717) is 35.4 Å². The number of nitrogens with zero attached hydrogens (tertiary/aromatic N) is 1. The molecule has 1 aliphatic carbocycles. The van der Waals surface area contributed by atoms with Crippen LogP contribution < -0.4 is 14.8 Å². The van der Waals surface area contributed by atoms with Gasteiger partial charge >= 0.3 is 0 Å². The molecule has 1 heterocycles. The Bertz CT molecular complexity index is 1240. The van der Waals surface area contributed by atoms with E-state index in [1.807, 2.05) is 60.7 Å². The molecule has 1 N–H and O–H groups in total. The minimum absolute atomic E-state index is 0. The van der Waals surface area contributed by atoms with E-state index < -0.39 is 0 Å². The van der Waals surface area contributed by atoms with Crippen LogP contribution in [0.25, 0.3) is 12.2 Å². The van der Waals surface area contributed by atoms with Crippen molar-refractivity contribution in [1.29, 1.82) is 0 Å². The maximum absolute atomic E-state index is 13.4. The van der Waals surface area contributed by atoms with Gasteiger partial charge in [-0.25, -0.2) is 0 Å². The van der Waals surface area contributed by atoms with E-state index in [-0.39, 0.29) is 30.1 Å². The fourth-order valence-electron chi connectivity index (χ4n) is 3.94. The summed E-state index contributed by atoms with van der Waals surface area (Å²) in [6, 6.07) is 20.0. The number of hydrogen-bond acceptors (Lipinski definition) is 5. The van der Waals surface area contributed by atoms with E-state index in [0.717, 1.165) is 16.9 Å². The zero-order valence-electron chi connectivity index (χ0n) is 19.6. The Morgan fingerprint density at radius 3 is 2.20 bits per heavy atom. The first-order valence-corrected chi connectivity index (χ1v) is 11.0. The number of rotatable bonds is 6. The van der Waals surface area contributed by atoms with Crippen molar-refractivity contribution < 1.29 is 19.1 Å². The van der Waals surface area contributed by atoms with Gasteiger partial charge in [0.15, 0.2) is 5.78 Å². The van der Waals surface area contributed by atoms with Gasteiger partial charge in [0.05, 0.1) is 14.2 Å². The standard InChI is InChI=1S/C28H26N2O4.ClH/c1-33-24-11-9-19(10-12-24)14-21-17-23(30-28(32)26-8-3-4-13-29-26)18-22(27(21)31)15-20-6-5-7-25(16-20)34-2;/h3-16,23H,17-18H2,1-2H3,(H,30,32);1H/b21-14+,22-15+;. The van der Waals surface area contributed by atoms with Crippen LogP contribution in [0.1, 0.15) is 34.5 Å². The van der Waals surface area contributed by atoms with Crippen LogP contribution in [0.4, 0.5) is 0 Å². The van der Waals surface area contributed by atoms with Crippen molar-refractivity contribution in [3.8, 4) is 11.5 Å². The quantitative estimate of drug-likeness (QED) is 0.483. The molecule has 0 radical (unpaired) electrons. The number of benzene rings is 2. The number of hydrogen-bond donors (Lipinski definition) is 1. The van der Waals surface area contributed by atoms with Crippen molar-refractivity contribution >= 4 is 36.2 Å². The van der Waals surface area contributed by atoms with Gasteiger partial charge in [-0.2, -0.15) is 0 Å². The molecule has 0 bridgehead atoms. The number of nitrogens with one attached hydrogen (secondary N) is 1. The normalized spacial score (nSPS) is 17.5. The first-order valence-electron chi connectivity index (χ1n) is 11.0. The number of amides is 1. The molecule has 1 amide bonds. The predicted octanol–water partition coefficient (Wildman–Crippen LogP) is 5.15. The number of halogens is 1. The highest BCUT2D eigenvalue weighted by Crippen LogP contribution is 2.30. The number of carbonyl (C=O) groups excluding carboxylic acids is 2. The summed E-state index contributed by atoms with van der Waals surface area (Å²) >= 11 is 0. The van der Waals surface area contributed by atoms with Gasteiger partial charge in [-0.3, -0.25) is 14.6 Å². The molecular formula is C28H27ClN2O4. The highest BCUT2D eigenvalue weighted by molar-refractivity contribution is 6.14. The van der Waals surface area contributed by atoms with Crippen molar-refractivity contribution in [2.45, 2.75) is 18.9 Å². The predicted molar refractivity (Wildman–Crippen MR) is 139 cm³/mol. The van der Waals surface area contributed by atoms with Gasteiger partial charge < -0.3 is 14.8 Å². The third-order valence-corrected chi connectivity index (χ3v) is 5.64. The van der Waals surface area contributed by atoms with Crippen LogP contribution in [-0.2, 0) is 4.79 Å². The number of ether oxygens (including phenoxy) is 2. The van der Waals surface area contributed by atoms with Gasteiger partial charge in [0.1, 0.15) is 17.2 Å². The van der Waals surface area contributed by atoms with E-state index in [4.69, 9.17) is 9.47 Å². The van der Waals surface area contributed by atoms with E-state index in [1.165, 1.54) is 0 Å². The second kappa shape index (κ2) is 12.0. The van der Waals surface area contributed by atoms with Crippen LogP contribution in [0.15, 0.2) is 84.1 Å². The molecule has 7 heteroatoms. The second-order valence-corrected chi connectivity index (χ2v) is 8.01. The third-order valence-electron chi connectivity index (χ3n) is 5.64. The van der Waals surface area contributed by atoms with Crippen molar-refractivity contribution in [2.75, 3.05) is 14.2 Å². The Balaban J connectivity index is 0.00000342. The molecule has 1 fully saturated rings. The molecule has 1 saturated carbocycles. The monoisotopic (exact) mass is 490 g/mol. The highest BCUT2D eigenvalue weighted by atomic mass is 35.5. The van der Waals surface area contributed by atoms with Gasteiger partial charge in [0.2, 0.25) is 0 Å². The molecule has 1 atom stereocenters. The first-order chi connectivity index (χ1) is 16.6. The maximum atomic E-state index is 13.4. The van der Waals surface area contributed by atoms with Gasteiger partial charge in [-0.05, 0) is 72.5 Å². The lowest BCUT2D eigenvalue weighted by Gasteiger charge is -2.26. The topological polar surface area (TPSA) is 77.5 Å². The number of carbonyl (C=O) groups is 2. The van der Waals surface area contributed by atoms with Crippen molar-refractivity contribution in [2.24, 2.45) is 0 Å². The van der Waals surface area contributed by atoms with Gasteiger partial charge in [-0.1, -0.05) is 30.3 Å². The SMILES string of the molecule is COc1ccc(/C=C2\CC(NC(=O)c3ccccn3)C/C(=C\c3cccc(OC)c3)C2=O)cc1.Cl. The Hall–Kier alpha value is -3.90. The summed E-state index contributed by atoms with van der Waals surface area (Å²) in [7, 11) is 3.22. The molecule has 35 heavy (non-hydrogen) atoms. The average molecular weight is 491 g/mol. The molecule has 1 aromatic heterocycles. The van der Waals surface area contributed by atoms with Gasteiger partial charge in [-0.15, -0.1) is 12.4 Å². The molecule has 6 nitrogen and oxygen atoms in total. The molecule has 0 spiro atoms. The summed E-state index contributed by atoms with van der Waals surface area (Å²) in [4.78, 5) is 30.3. The van der Waals surface area contributed by atoms with E-state index in [1.54, 1.807) is 38.6 Å². The van der Waals surface area contributed by atoms with Crippen LogP contribution in [0, 0.1) is 0 Å². The highest BCUT2D eigenvalue weighted by Gasteiger charge is 2.29. The minimum atomic E-state index is -0.260. The zero-order chi connectivity index (χ0) is 23.9. The Labute approximate surface area is 211 Å². The van der Waals surface area contributed by atoms with E-state index in [9.17, 15) is 9.59 Å². The first kappa shape index (κ1) is 25.7. The van der Waals surface area contributed by atoms with Crippen LogP contribution in [-0.4, -0.2) is 36.9 Å². The van der Waals surface area contributed by atoms with E-state index in [2.05, 4.69) is 10.3 Å². The molecule has 2 aromatic carbocycles. The lowest BCUT2D eigenvalue weighted by molar-refractivity contribution is -0.113. The molecule has 180 valence electrons. The maximum Gasteiger partial charge on any atom is 0.270 e. The second-order valence-electron chi connectivity index (χ2n) is 8.01. The fourth-order valence-corrected chi connectivity index (χ4v) is 3.94. The number of ketones is 1. The number of Topliss-reactive ketones (excluding diaryl/α,β-unsaturated/α-hetero) is 1. The van der Waals surface area contributed by atoms with Crippen LogP contribution >= 0.6 is 12.4 Å². The van der Waals surface area contributed by atoms with Crippen molar-refractivity contribution in [1.82, 2.24) is 10.3 Å². The molecular weight excluding hydrogens is 464 g/mol. The summed E-state index contributed by atoms with van der Waals surface area (Å²) < 4.78 is 10.5. The van der Waals surface area contributed by atoms with Crippen molar-refractivity contribution in [3.63, 3.8) is 0 Å². The fraction of sp³-hybridized carbons (Fsp3) is 0.179. The Morgan fingerprint density at radius 2 is 1.57 bits per heavy atom. The van der Waals surface area contributed by atoms with Crippen LogP contribution in [0.2, 0.25) is 0 Å². The zero-order valence-corrected chi connectivity index (χ0v) is 20.4. The van der Waals surface area contributed by atoms with Gasteiger partial charge in [0.25, 0.3) is 5.91 Å². The van der Waals surface area contributed by atoms with Crippen LogP contribution in [0.3, 0.4) is 0 Å². The van der Waals surface area contributed by atoms with Crippen LogP contribution in [0.5, 0.6) is 11.5 Å². The molecule has 3 aromatic rings. The molecule has 1 unspecified atom stereocenters. The average Bonchev–Trinajstić information content (AvgIpc) is 2.88. The van der Waals surface area contributed by atoms with Gasteiger partial charge in [0, 0.05) is 23.4 Å². The largest absolute Gasteiger partial charge is 0.497 e. The smallest absolute Gasteiger partial charge is 0.270 e. The summed E-state index contributed by atoms with van der Waals surface area (Å²) in [6.45, 7) is 0. The summed E-state index contributed by atoms with van der Waals surface area (Å²) in [6.07, 6.45) is 6.18. The summed E-state index contributed by atoms with van der Waals surface area (Å²) in [5, 5.41) is 3.05. The van der Waals surface area contributed by atoms with E-state index >= 15 is 0 Å². The lowest BCUT2D eigenvalue weighted by Crippen LogP contribution is -2.39. The Morgan fingerprint density at radius 1 is 0.886 bits per heavy atom. The van der Waals surface area contributed by atoms with Crippen molar-refractivity contribution in [3.05, 3.63) is 101 Å². The summed E-state index contributed by atoms with van der Waals surface area (Å²) in [5.74, 6) is 1.18. The molecule has 1 aliphatic rings. The number of pyridine rings is 1.